The van der Waals surface area contributed by atoms with E-state index in [-0.39, 0.29) is 5.75 Å². The molecule has 0 fully saturated rings. The van der Waals surface area contributed by atoms with Gasteiger partial charge in [-0.2, -0.15) is 0 Å². The van der Waals surface area contributed by atoms with Crippen LogP contribution in [-0.2, 0) is 10.0 Å². The van der Waals surface area contributed by atoms with Crippen LogP contribution in [0.4, 0.5) is 0 Å². The third kappa shape index (κ3) is 7.06. The van der Waals surface area contributed by atoms with Gasteiger partial charge in [0.25, 0.3) is 0 Å². The Morgan fingerprint density at radius 3 is 2.50 bits per heavy atom. The van der Waals surface area contributed by atoms with Crippen molar-refractivity contribution in [2.45, 2.75) is 31.5 Å². The topological polar surface area (TPSA) is 46.2 Å². The normalized spacial score (nSPS) is 14.6. The zero-order valence-corrected chi connectivity index (χ0v) is 9.91. The van der Waals surface area contributed by atoms with Gasteiger partial charge in [0.1, 0.15) is 0 Å². The van der Waals surface area contributed by atoms with E-state index in [1.54, 1.807) is 0 Å². The van der Waals surface area contributed by atoms with Crippen molar-refractivity contribution in [3.63, 3.8) is 0 Å². The van der Waals surface area contributed by atoms with Crippen LogP contribution >= 0.6 is 15.9 Å². The van der Waals surface area contributed by atoms with Crippen molar-refractivity contribution in [1.29, 1.82) is 0 Å². The van der Waals surface area contributed by atoms with Crippen molar-refractivity contribution in [2.24, 2.45) is 0 Å². The van der Waals surface area contributed by atoms with Crippen LogP contribution in [0.2, 0.25) is 0 Å². The van der Waals surface area contributed by atoms with Crippen LogP contribution in [0.15, 0.2) is 0 Å². The molecule has 0 aliphatic carbocycles. The lowest BCUT2D eigenvalue weighted by Gasteiger charge is -2.05. The second-order valence-corrected chi connectivity index (χ2v) is 6.27. The molecule has 0 saturated carbocycles. The summed E-state index contributed by atoms with van der Waals surface area (Å²) in [5.74, 6) is 0.226. The van der Waals surface area contributed by atoms with Gasteiger partial charge in [-0.05, 0) is 12.8 Å². The Balaban J connectivity index is 3.62. The summed E-state index contributed by atoms with van der Waals surface area (Å²) >= 11 is 3.35. The van der Waals surface area contributed by atoms with Gasteiger partial charge in [0, 0.05) is 11.4 Å². The zero-order valence-electron chi connectivity index (χ0n) is 7.51. The summed E-state index contributed by atoms with van der Waals surface area (Å²) in [6, 6.07) is 0. The summed E-state index contributed by atoms with van der Waals surface area (Å²) in [4.78, 5) is 0.363. The molecule has 1 atom stereocenters. The fraction of sp³-hybridized carbons (Fsp3) is 1.00. The van der Waals surface area contributed by atoms with Crippen molar-refractivity contribution in [3.05, 3.63) is 0 Å². The average molecular weight is 258 g/mol. The maximum atomic E-state index is 11.1. The predicted molar refractivity (Wildman–Crippen MR) is 55.1 cm³/mol. The van der Waals surface area contributed by atoms with Crippen molar-refractivity contribution < 1.29 is 8.42 Å². The monoisotopic (exact) mass is 257 g/mol. The molecule has 0 rings (SSSR count). The molecule has 0 heterocycles. The average Bonchev–Trinajstić information content (AvgIpc) is 1.85. The predicted octanol–water partition coefficient (Wildman–Crippen LogP) is 1.49. The first-order valence-corrected chi connectivity index (χ1v) is 6.66. The van der Waals surface area contributed by atoms with E-state index in [1.165, 1.54) is 0 Å². The first-order chi connectivity index (χ1) is 5.48. The first-order valence-electron chi connectivity index (χ1n) is 4.09. The number of nitrogens with one attached hydrogen (secondary N) is 1. The molecular weight excluding hydrogens is 242 g/mol. The van der Waals surface area contributed by atoms with E-state index in [0.29, 0.717) is 17.8 Å². The molecule has 0 aromatic rings. The summed E-state index contributed by atoms with van der Waals surface area (Å²) in [7, 11) is -3.00. The van der Waals surface area contributed by atoms with Crippen LogP contribution < -0.4 is 4.72 Å². The number of rotatable bonds is 6. The Morgan fingerprint density at radius 1 is 1.50 bits per heavy atom. The standard InChI is InChI=1S/C7H16BrNO2S/c1-3-6-12(10,11)9-5-4-7(2)8/h7,9H,3-6H2,1-2H3. The highest BCUT2D eigenvalue weighted by Crippen LogP contribution is 2.01. The molecule has 5 heteroatoms. The van der Waals surface area contributed by atoms with Gasteiger partial charge in [-0.1, -0.05) is 29.8 Å². The number of halogens is 1. The van der Waals surface area contributed by atoms with E-state index in [2.05, 4.69) is 20.7 Å². The minimum atomic E-state index is -3.00. The third-order valence-electron chi connectivity index (χ3n) is 1.34. The molecule has 0 aromatic heterocycles. The molecule has 0 aliphatic rings. The van der Waals surface area contributed by atoms with Crippen LogP contribution in [0.5, 0.6) is 0 Å². The first kappa shape index (κ1) is 12.4. The summed E-state index contributed by atoms with van der Waals surface area (Å²) in [6.45, 7) is 4.37. The molecule has 0 spiro atoms. The molecule has 0 bridgehead atoms. The molecule has 1 unspecified atom stereocenters. The van der Waals surface area contributed by atoms with E-state index in [0.717, 1.165) is 6.42 Å². The number of hydrogen-bond acceptors (Lipinski definition) is 2. The van der Waals surface area contributed by atoms with Crippen LogP contribution in [0, 0.1) is 0 Å². The fourth-order valence-corrected chi connectivity index (χ4v) is 2.09. The number of alkyl halides is 1. The molecule has 0 radical (unpaired) electrons. The number of sulfonamides is 1. The summed E-state index contributed by atoms with van der Waals surface area (Å²) < 4.78 is 24.7. The zero-order chi connectivity index (χ0) is 9.61. The third-order valence-corrected chi connectivity index (χ3v) is 3.38. The van der Waals surface area contributed by atoms with E-state index >= 15 is 0 Å². The maximum absolute atomic E-state index is 11.1. The van der Waals surface area contributed by atoms with Gasteiger partial charge in [0.15, 0.2) is 0 Å². The Morgan fingerprint density at radius 2 is 2.08 bits per heavy atom. The molecule has 74 valence electrons. The van der Waals surface area contributed by atoms with E-state index in [1.807, 2.05) is 13.8 Å². The van der Waals surface area contributed by atoms with E-state index < -0.39 is 10.0 Å². The maximum Gasteiger partial charge on any atom is 0.211 e. The van der Waals surface area contributed by atoms with Crippen LogP contribution in [-0.4, -0.2) is 25.5 Å². The smallest absolute Gasteiger partial charge is 0.211 e. The molecule has 3 nitrogen and oxygen atoms in total. The Kier molecular flexibility index (Phi) is 6.13. The van der Waals surface area contributed by atoms with Crippen molar-refractivity contribution in [3.8, 4) is 0 Å². The van der Waals surface area contributed by atoms with Crippen LogP contribution in [0.25, 0.3) is 0 Å². The Bertz CT molecular complexity index is 201. The van der Waals surface area contributed by atoms with Gasteiger partial charge in [0.2, 0.25) is 10.0 Å². The van der Waals surface area contributed by atoms with Crippen molar-refractivity contribution in [2.75, 3.05) is 12.3 Å². The van der Waals surface area contributed by atoms with Crippen molar-refractivity contribution >= 4 is 26.0 Å². The lowest BCUT2D eigenvalue weighted by Crippen LogP contribution is -2.28. The molecule has 0 aromatic carbocycles. The SMILES string of the molecule is CCCS(=O)(=O)NCCC(C)Br. The lowest BCUT2D eigenvalue weighted by molar-refractivity contribution is 0.578. The molecule has 0 amide bonds. The van der Waals surface area contributed by atoms with Gasteiger partial charge in [-0.25, -0.2) is 13.1 Å². The highest BCUT2D eigenvalue weighted by molar-refractivity contribution is 9.09. The summed E-state index contributed by atoms with van der Waals surface area (Å²) in [5, 5.41) is 0. The molecular formula is C7H16BrNO2S. The highest BCUT2D eigenvalue weighted by Gasteiger charge is 2.07. The number of hydrogen-bond donors (Lipinski definition) is 1. The van der Waals surface area contributed by atoms with Gasteiger partial charge in [-0.3, -0.25) is 0 Å². The lowest BCUT2D eigenvalue weighted by atomic mass is 10.3. The van der Waals surface area contributed by atoms with Gasteiger partial charge >= 0.3 is 0 Å². The molecule has 0 aliphatic heterocycles. The molecule has 0 saturated heterocycles. The minimum absolute atomic E-state index is 0.226. The Labute approximate surface area is 83.1 Å². The molecule has 12 heavy (non-hydrogen) atoms. The second kappa shape index (κ2) is 5.94. The highest BCUT2D eigenvalue weighted by atomic mass is 79.9. The summed E-state index contributed by atoms with van der Waals surface area (Å²) in [5.41, 5.74) is 0. The van der Waals surface area contributed by atoms with Crippen molar-refractivity contribution in [1.82, 2.24) is 4.72 Å². The Hall–Kier alpha value is 0.390. The summed E-state index contributed by atoms with van der Waals surface area (Å²) in [6.07, 6.45) is 1.49. The van der Waals surface area contributed by atoms with Gasteiger partial charge in [0.05, 0.1) is 5.75 Å². The van der Waals surface area contributed by atoms with Gasteiger partial charge in [-0.15, -0.1) is 0 Å². The van der Waals surface area contributed by atoms with Crippen LogP contribution in [0.1, 0.15) is 26.7 Å². The second-order valence-electron chi connectivity index (χ2n) is 2.78. The largest absolute Gasteiger partial charge is 0.215 e. The van der Waals surface area contributed by atoms with E-state index in [4.69, 9.17) is 0 Å². The van der Waals surface area contributed by atoms with Crippen LogP contribution in [0.3, 0.4) is 0 Å². The molecule has 1 N–H and O–H groups in total. The van der Waals surface area contributed by atoms with Gasteiger partial charge < -0.3 is 0 Å². The van der Waals surface area contributed by atoms with E-state index in [9.17, 15) is 8.42 Å². The quantitative estimate of drug-likeness (QED) is 0.734. The fourth-order valence-electron chi connectivity index (χ4n) is 0.754. The minimum Gasteiger partial charge on any atom is -0.215 e.